The van der Waals surface area contributed by atoms with Gasteiger partial charge in [0.1, 0.15) is 22.7 Å². The molecule has 4 rings (SSSR count). The van der Waals surface area contributed by atoms with Gasteiger partial charge in [0, 0.05) is 29.6 Å². The van der Waals surface area contributed by atoms with Gasteiger partial charge in [-0.3, -0.25) is 4.90 Å². The van der Waals surface area contributed by atoms with Crippen LogP contribution in [0, 0.1) is 5.82 Å². The average Bonchev–Trinajstić information content (AvgIpc) is 2.85. The number of imide groups is 1. The summed E-state index contributed by atoms with van der Waals surface area (Å²) in [6.07, 6.45) is 0.146. The number of hydrogen-bond donors (Lipinski definition) is 0. The van der Waals surface area contributed by atoms with Crippen LogP contribution in [0.2, 0.25) is 0 Å². The minimum atomic E-state index is -1.10. The number of halogens is 1. The molecule has 41 heavy (non-hydrogen) atoms. The van der Waals surface area contributed by atoms with Gasteiger partial charge in [-0.25, -0.2) is 28.7 Å². The average molecular weight is 567 g/mol. The van der Waals surface area contributed by atoms with Crippen LogP contribution in [0.1, 0.15) is 52.7 Å². The van der Waals surface area contributed by atoms with Gasteiger partial charge in [-0.15, -0.1) is 0 Å². The molecule has 3 amide bonds. The predicted octanol–water partition coefficient (Wildman–Crippen LogP) is 6.60. The molecule has 216 valence electrons. The zero-order valence-electron chi connectivity index (χ0n) is 23.6. The van der Waals surface area contributed by atoms with Crippen LogP contribution in [0.4, 0.5) is 24.5 Å². The van der Waals surface area contributed by atoms with Gasteiger partial charge >= 0.3 is 24.3 Å². The van der Waals surface area contributed by atoms with Gasteiger partial charge in [-0.05, 0) is 65.8 Å². The first-order valence-corrected chi connectivity index (χ1v) is 12.8. The second-order valence-corrected chi connectivity index (χ2v) is 11.2. The van der Waals surface area contributed by atoms with E-state index >= 15 is 4.39 Å². The zero-order chi connectivity index (χ0) is 29.9. The Balaban J connectivity index is 1.57. The Kier molecular flexibility index (Phi) is 8.13. The van der Waals surface area contributed by atoms with Crippen LogP contribution in [0.3, 0.4) is 0 Å². The molecule has 1 aromatic heterocycles. The first kappa shape index (κ1) is 29.2. The van der Waals surface area contributed by atoms with E-state index in [1.165, 1.54) is 35.5 Å². The summed E-state index contributed by atoms with van der Waals surface area (Å²) in [5, 5.41) is 0. The summed E-state index contributed by atoms with van der Waals surface area (Å²) in [6, 6.07) is 10.9. The van der Waals surface area contributed by atoms with Crippen molar-refractivity contribution in [3.05, 3.63) is 71.8 Å². The Hall–Kier alpha value is -4.74. The molecule has 0 spiro atoms. The molecule has 0 aliphatic carbocycles. The summed E-state index contributed by atoms with van der Waals surface area (Å²) >= 11 is 0. The molecule has 1 aliphatic heterocycles. The van der Waals surface area contributed by atoms with E-state index in [4.69, 9.17) is 18.9 Å². The number of ether oxygens (including phenoxy) is 4. The number of aromatic nitrogens is 2. The minimum absolute atomic E-state index is 0.0428. The van der Waals surface area contributed by atoms with Crippen LogP contribution in [0.15, 0.2) is 54.9 Å². The van der Waals surface area contributed by atoms with Gasteiger partial charge in [-0.2, -0.15) is 4.90 Å². The van der Waals surface area contributed by atoms with Crippen LogP contribution in [-0.2, 0) is 22.6 Å². The number of nitrogens with zero attached hydrogens (tertiary/aromatic N) is 4. The first-order valence-electron chi connectivity index (χ1n) is 12.8. The largest absolute Gasteiger partial charge is 0.443 e. The van der Waals surface area contributed by atoms with Gasteiger partial charge in [0.25, 0.3) is 0 Å². The molecule has 0 saturated carbocycles. The van der Waals surface area contributed by atoms with Crippen LogP contribution in [0.5, 0.6) is 17.5 Å². The maximum atomic E-state index is 15.9. The number of carbonyl (C=O) groups is 3. The molecule has 2 aromatic carbocycles. The lowest BCUT2D eigenvalue weighted by molar-refractivity contribution is 0.0428. The summed E-state index contributed by atoms with van der Waals surface area (Å²) in [4.78, 5) is 48.7. The third-order valence-electron chi connectivity index (χ3n) is 5.42. The second kappa shape index (κ2) is 11.4. The minimum Gasteiger partial charge on any atom is -0.443 e. The van der Waals surface area contributed by atoms with Crippen molar-refractivity contribution >= 4 is 24.0 Å². The van der Waals surface area contributed by atoms with E-state index in [-0.39, 0.29) is 36.1 Å². The fourth-order valence-electron chi connectivity index (χ4n) is 3.77. The SMILES string of the molecule is CC(C)(C)OC(=O)N(C(=O)OC(C)(C)C)c1cccc(CN2Cc3ccc(Oc4ncccn4)cc3OC2=O)c1F. The van der Waals surface area contributed by atoms with Crippen molar-refractivity contribution in [3.8, 4) is 17.5 Å². The van der Waals surface area contributed by atoms with Crippen molar-refractivity contribution in [2.45, 2.75) is 65.8 Å². The molecule has 0 radical (unpaired) electrons. The van der Waals surface area contributed by atoms with E-state index in [0.29, 0.717) is 16.2 Å². The van der Waals surface area contributed by atoms with Crippen LogP contribution >= 0.6 is 0 Å². The van der Waals surface area contributed by atoms with E-state index in [9.17, 15) is 14.4 Å². The van der Waals surface area contributed by atoms with E-state index in [0.717, 1.165) is 0 Å². The summed E-state index contributed by atoms with van der Waals surface area (Å²) in [5.41, 5.74) is -1.60. The lowest BCUT2D eigenvalue weighted by Crippen LogP contribution is -2.44. The number of fused-ring (bicyclic) bond motifs is 1. The summed E-state index contributed by atoms with van der Waals surface area (Å²) in [5.74, 6) is -0.233. The number of anilines is 1. The van der Waals surface area contributed by atoms with Crippen LogP contribution in [0.25, 0.3) is 0 Å². The number of carbonyl (C=O) groups excluding carboxylic acids is 3. The van der Waals surface area contributed by atoms with Crippen molar-refractivity contribution in [2.75, 3.05) is 4.90 Å². The van der Waals surface area contributed by atoms with Crippen molar-refractivity contribution < 1.29 is 37.7 Å². The topological polar surface area (TPSA) is 120 Å². The first-order chi connectivity index (χ1) is 19.2. The van der Waals surface area contributed by atoms with Crippen LogP contribution in [-0.4, -0.2) is 44.3 Å². The van der Waals surface area contributed by atoms with Gasteiger partial charge in [0.15, 0.2) is 5.82 Å². The Morgan fingerprint density at radius 3 is 2.22 bits per heavy atom. The van der Waals surface area contributed by atoms with E-state index in [1.54, 1.807) is 65.8 Å². The molecule has 12 heteroatoms. The molecule has 0 bridgehead atoms. The monoisotopic (exact) mass is 566 g/mol. The third-order valence-corrected chi connectivity index (χ3v) is 5.42. The maximum absolute atomic E-state index is 15.9. The fourth-order valence-corrected chi connectivity index (χ4v) is 3.77. The molecule has 0 N–H and O–H groups in total. The van der Waals surface area contributed by atoms with Gasteiger partial charge in [0.2, 0.25) is 0 Å². The molecule has 3 aromatic rings. The quantitative estimate of drug-likeness (QED) is 0.336. The van der Waals surface area contributed by atoms with Gasteiger partial charge in [0.05, 0.1) is 18.8 Å². The Morgan fingerprint density at radius 1 is 0.976 bits per heavy atom. The van der Waals surface area contributed by atoms with E-state index in [2.05, 4.69) is 9.97 Å². The molecular formula is C29H31FN4O7. The number of hydrogen-bond acceptors (Lipinski definition) is 9. The Bertz CT molecular complexity index is 1420. The molecule has 0 unspecified atom stereocenters. The highest BCUT2D eigenvalue weighted by molar-refractivity contribution is 6.09. The molecule has 2 heterocycles. The number of rotatable bonds is 5. The van der Waals surface area contributed by atoms with E-state index in [1.807, 2.05) is 0 Å². The second-order valence-electron chi connectivity index (χ2n) is 11.2. The lowest BCUT2D eigenvalue weighted by Gasteiger charge is -2.30. The third kappa shape index (κ3) is 7.47. The smallest absolute Gasteiger partial charge is 0.424 e. The molecular weight excluding hydrogens is 535 g/mol. The fraction of sp³-hybridized carbons (Fsp3) is 0.345. The number of amides is 3. The standard InChI is InChI=1S/C29H31FN4O7/c1-28(2,3)40-26(36)34(27(37)41-29(4,5)6)21-10-7-9-19(23(21)30)17-33-16-18-11-12-20(15-22(18)39-25(33)35)38-24-31-13-8-14-32-24/h7-15H,16-17H2,1-6H3. The summed E-state index contributed by atoms with van der Waals surface area (Å²) < 4.78 is 37.7. The Labute approximate surface area is 236 Å². The zero-order valence-corrected chi connectivity index (χ0v) is 23.6. The van der Waals surface area contributed by atoms with Gasteiger partial charge in [-0.1, -0.05) is 12.1 Å². The highest BCUT2D eigenvalue weighted by atomic mass is 19.1. The van der Waals surface area contributed by atoms with Crippen molar-refractivity contribution in [1.82, 2.24) is 14.9 Å². The Morgan fingerprint density at radius 2 is 1.61 bits per heavy atom. The molecule has 0 saturated heterocycles. The van der Waals surface area contributed by atoms with Gasteiger partial charge < -0.3 is 18.9 Å². The predicted molar refractivity (Wildman–Crippen MR) is 145 cm³/mol. The molecule has 1 aliphatic rings. The number of benzene rings is 2. The van der Waals surface area contributed by atoms with Crippen molar-refractivity contribution in [2.24, 2.45) is 0 Å². The summed E-state index contributed by atoms with van der Waals surface area (Å²) in [6.45, 7) is 9.63. The molecule has 0 fully saturated rings. The molecule has 0 atom stereocenters. The maximum Gasteiger partial charge on any atom is 0.424 e. The lowest BCUT2D eigenvalue weighted by atomic mass is 10.1. The van der Waals surface area contributed by atoms with Crippen molar-refractivity contribution in [1.29, 1.82) is 0 Å². The van der Waals surface area contributed by atoms with Crippen molar-refractivity contribution in [3.63, 3.8) is 0 Å². The highest BCUT2D eigenvalue weighted by Gasteiger charge is 2.35. The van der Waals surface area contributed by atoms with E-state index < -0.39 is 35.3 Å². The normalized spacial score (nSPS) is 13.1. The highest BCUT2D eigenvalue weighted by Crippen LogP contribution is 2.33. The molecule has 11 nitrogen and oxygen atoms in total. The summed E-state index contributed by atoms with van der Waals surface area (Å²) in [7, 11) is 0. The van der Waals surface area contributed by atoms with Crippen LogP contribution < -0.4 is 14.4 Å².